The maximum Gasteiger partial charge on any atom is 0.0723 e. The molecule has 0 bridgehead atoms. The molecule has 0 saturated heterocycles. The number of pyridine rings is 1. The van der Waals surface area contributed by atoms with E-state index in [2.05, 4.69) is 233 Å². The van der Waals surface area contributed by atoms with Crippen LogP contribution in [-0.2, 0) is 10.8 Å². The van der Waals surface area contributed by atoms with Gasteiger partial charge in [-0.15, -0.1) is 0 Å². The van der Waals surface area contributed by atoms with Gasteiger partial charge in [-0.25, -0.2) is 0 Å². The van der Waals surface area contributed by atoms with Crippen LogP contribution in [0.4, 0.5) is 17.1 Å². The highest BCUT2D eigenvalue weighted by atomic mass is 15.1. The van der Waals surface area contributed by atoms with Crippen molar-refractivity contribution in [2.45, 2.75) is 38.5 Å². The highest BCUT2D eigenvalue weighted by Gasteiger charge is 2.38. The van der Waals surface area contributed by atoms with Gasteiger partial charge in [0.2, 0.25) is 0 Å². The maximum absolute atomic E-state index is 4.80. The zero-order valence-electron chi connectivity index (χ0n) is 37.0. The van der Waals surface area contributed by atoms with Crippen molar-refractivity contribution >= 4 is 60.3 Å². The fourth-order valence-electron chi connectivity index (χ4n) is 11.7. The third-order valence-corrected chi connectivity index (χ3v) is 14.9. The first-order valence-electron chi connectivity index (χ1n) is 22.9. The third kappa shape index (κ3) is 5.44. The van der Waals surface area contributed by atoms with Crippen LogP contribution in [0.3, 0.4) is 0 Å². The van der Waals surface area contributed by atoms with Gasteiger partial charge in [0.05, 0.1) is 11.2 Å². The van der Waals surface area contributed by atoms with E-state index >= 15 is 0 Å². The first-order chi connectivity index (χ1) is 31.8. The van der Waals surface area contributed by atoms with Crippen molar-refractivity contribution in [2.24, 2.45) is 0 Å². The van der Waals surface area contributed by atoms with Gasteiger partial charge in [0.25, 0.3) is 0 Å². The minimum Gasteiger partial charge on any atom is -0.310 e. The van der Waals surface area contributed by atoms with Gasteiger partial charge in [-0.3, -0.25) is 4.98 Å². The van der Waals surface area contributed by atoms with Gasteiger partial charge in [-0.1, -0.05) is 185 Å². The average molecular weight is 831 g/mol. The molecule has 0 amide bonds. The Bertz CT molecular complexity index is 3730. The molecule has 2 nitrogen and oxygen atoms in total. The van der Waals surface area contributed by atoms with Crippen LogP contribution in [-0.4, -0.2) is 4.98 Å². The second kappa shape index (κ2) is 13.8. The van der Waals surface area contributed by atoms with Crippen LogP contribution in [0, 0.1) is 0 Å². The Balaban J connectivity index is 0.974. The quantitative estimate of drug-likeness (QED) is 0.161. The first-order valence-corrected chi connectivity index (χ1v) is 22.9. The monoisotopic (exact) mass is 830 g/mol. The van der Waals surface area contributed by atoms with Crippen molar-refractivity contribution in [3.05, 3.63) is 229 Å². The standard InChI is InChI=1S/C63H46N2/c1-62(2)54-26-13-11-19-44(54)46-32-29-41(37-56(46)62)65(59-34-35-64-58-27-14-12-24-53(58)59)42-30-33-47-45-31-28-40(36-55(45)63(3,4)57(47)38-42)60-49-20-7-9-22-51(49)61(52-23-10-8-21-50(52)60)48-25-15-17-39-16-5-6-18-43(39)48/h5-38H,1-4H3. The minimum atomic E-state index is -0.265. The molecule has 308 valence electrons. The van der Waals surface area contributed by atoms with Crippen molar-refractivity contribution < 1.29 is 0 Å². The van der Waals surface area contributed by atoms with Crippen molar-refractivity contribution in [1.29, 1.82) is 0 Å². The lowest BCUT2D eigenvalue weighted by Crippen LogP contribution is -2.18. The highest BCUT2D eigenvalue weighted by Crippen LogP contribution is 2.55. The molecule has 0 atom stereocenters. The summed E-state index contributed by atoms with van der Waals surface area (Å²) in [5.41, 5.74) is 19.7. The predicted octanol–water partition coefficient (Wildman–Crippen LogP) is 17.1. The normalized spacial score (nSPS) is 14.1. The van der Waals surface area contributed by atoms with Gasteiger partial charge in [0.15, 0.2) is 0 Å². The molecule has 1 aromatic heterocycles. The maximum atomic E-state index is 4.80. The lowest BCUT2D eigenvalue weighted by Gasteiger charge is -2.30. The second-order valence-corrected chi connectivity index (χ2v) is 19.1. The summed E-state index contributed by atoms with van der Waals surface area (Å²) in [6.45, 7) is 9.54. The lowest BCUT2D eigenvalue weighted by atomic mass is 9.80. The Kier molecular flexibility index (Phi) is 8.03. The summed E-state index contributed by atoms with van der Waals surface area (Å²) in [6, 6.07) is 74.6. The Morgan fingerprint density at radius 1 is 0.354 bits per heavy atom. The Morgan fingerprint density at radius 3 is 1.51 bits per heavy atom. The number of rotatable bonds is 5. The van der Waals surface area contributed by atoms with Crippen LogP contribution in [0.25, 0.3) is 87.7 Å². The van der Waals surface area contributed by atoms with Crippen LogP contribution < -0.4 is 4.90 Å². The lowest BCUT2D eigenvalue weighted by molar-refractivity contribution is 0.660. The van der Waals surface area contributed by atoms with E-state index in [4.69, 9.17) is 4.98 Å². The molecule has 13 rings (SSSR count). The molecular weight excluding hydrogens is 785 g/mol. The summed E-state index contributed by atoms with van der Waals surface area (Å²) in [5.74, 6) is 0. The fraction of sp³-hybridized carbons (Fsp3) is 0.0952. The summed E-state index contributed by atoms with van der Waals surface area (Å²) in [6.07, 6.45) is 1.95. The fourth-order valence-corrected chi connectivity index (χ4v) is 11.7. The van der Waals surface area contributed by atoms with Crippen LogP contribution in [0.2, 0.25) is 0 Å². The van der Waals surface area contributed by atoms with Crippen LogP contribution >= 0.6 is 0 Å². The molecule has 0 N–H and O–H groups in total. The van der Waals surface area contributed by atoms with Crippen LogP contribution in [0.15, 0.2) is 206 Å². The van der Waals surface area contributed by atoms with Gasteiger partial charge in [-0.05, 0) is 142 Å². The van der Waals surface area contributed by atoms with Crippen LogP contribution in [0.1, 0.15) is 49.9 Å². The SMILES string of the molecule is CC1(C)c2ccccc2-c2ccc(N(c3ccc4c(c3)C(C)(C)c3cc(-c5c6ccccc6c(-c6cccc7ccccc67)c6ccccc56)ccc3-4)c3ccnc4ccccc34)cc21. The van der Waals surface area contributed by atoms with E-state index in [1.54, 1.807) is 0 Å². The molecule has 0 spiro atoms. The van der Waals surface area contributed by atoms with E-state index in [0.717, 1.165) is 28.0 Å². The predicted molar refractivity (Wildman–Crippen MR) is 275 cm³/mol. The number of nitrogens with zero attached hydrogens (tertiary/aromatic N) is 2. The Morgan fingerprint density at radius 2 is 0.831 bits per heavy atom. The summed E-state index contributed by atoms with van der Waals surface area (Å²) >= 11 is 0. The molecule has 2 aliphatic carbocycles. The summed E-state index contributed by atoms with van der Waals surface area (Å²) in [4.78, 5) is 7.27. The van der Waals surface area contributed by atoms with E-state index in [1.165, 1.54) is 99.1 Å². The van der Waals surface area contributed by atoms with Crippen molar-refractivity contribution in [3.63, 3.8) is 0 Å². The molecule has 65 heavy (non-hydrogen) atoms. The number of hydrogen-bond donors (Lipinski definition) is 0. The van der Waals surface area contributed by atoms with E-state index in [1.807, 2.05) is 6.20 Å². The molecule has 10 aromatic carbocycles. The second-order valence-electron chi connectivity index (χ2n) is 19.1. The van der Waals surface area contributed by atoms with Gasteiger partial charge in [-0.2, -0.15) is 0 Å². The smallest absolute Gasteiger partial charge is 0.0723 e. The van der Waals surface area contributed by atoms with Crippen LogP contribution in [0.5, 0.6) is 0 Å². The van der Waals surface area contributed by atoms with E-state index in [0.29, 0.717) is 0 Å². The van der Waals surface area contributed by atoms with Crippen molar-refractivity contribution in [2.75, 3.05) is 4.90 Å². The minimum absolute atomic E-state index is 0.125. The summed E-state index contributed by atoms with van der Waals surface area (Å²) in [5, 5.41) is 8.73. The largest absolute Gasteiger partial charge is 0.310 e. The molecule has 1 heterocycles. The average Bonchev–Trinajstić information content (AvgIpc) is 3.71. The topological polar surface area (TPSA) is 16.1 Å². The van der Waals surface area contributed by atoms with E-state index in [-0.39, 0.29) is 10.8 Å². The number of hydrogen-bond acceptors (Lipinski definition) is 2. The molecule has 0 aliphatic heterocycles. The zero-order valence-corrected chi connectivity index (χ0v) is 37.0. The molecule has 0 saturated carbocycles. The van der Waals surface area contributed by atoms with Gasteiger partial charge in [0.1, 0.15) is 0 Å². The summed E-state index contributed by atoms with van der Waals surface area (Å²) in [7, 11) is 0. The number of para-hydroxylation sites is 1. The Labute approximate surface area is 380 Å². The number of benzene rings is 10. The van der Waals surface area contributed by atoms with Gasteiger partial charge < -0.3 is 4.90 Å². The molecule has 0 radical (unpaired) electrons. The highest BCUT2D eigenvalue weighted by molar-refractivity contribution is 6.23. The van der Waals surface area contributed by atoms with Gasteiger partial charge >= 0.3 is 0 Å². The third-order valence-electron chi connectivity index (χ3n) is 14.9. The van der Waals surface area contributed by atoms with Crippen molar-refractivity contribution in [3.8, 4) is 44.5 Å². The molecule has 2 heteroatoms. The number of fused-ring (bicyclic) bond motifs is 10. The zero-order chi connectivity index (χ0) is 43.6. The number of aromatic nitrogens is 1. The molecule has 0 unspecified atom stereocenters. The molecular formula is C63H46N2. The Hall–Kier alpha value is -7.81. The van der Waals surface area contributed by atoms with E-state index < -0.39 is 0 Å². The van der Waals surface area contributed by atoms with Crippen molar-refractivity contribution in [1.82, 2.24) is 4.98 Å². The number of anilines is 3. The van der Waals surface area contributed by atoms with E-state index in [9.17, 15) is 0 Å². The summed E-state index contributed by atoms with van der Waals surface area (Å²) < 4.78 is 0. The first kappa shape index (κ1) is 37.7. The molecule has 0 fully saturated rings. The molecule has 2 aliphatic rings. The molecule has 11 aromatic rings. The van der Waals surface area contributed by atoms with Gasteiger partial charge in [0, 0.05) is 33.8 Å².